The van der Waals surface area contributed by atoms with Crippen LogP contribution in [0.25, 0.3) is 87.6 Å². The van der Waals surface area contributed by atoms with E-state index in [1.165, 1.54) is 65.7 Å². The topological polar surface area (TPSA) is 16.4 Å². The number of hydrogen-bond acceptors (Lipinski definition) is 2. The SMILES string of the molecule is c1ccc(-c2cc(-c3ccc(N(c4ccc(-c5cccc6ccccc56)cc4)c4ccc5c(c4)oc4ccc6ccccc6c45)cc3)cc3ccccc23)cc1. The van der Waals surface area contributed by atoms with Crippen LogP contribution in [0.1, 0.15) is 0 Å². The Morgan fingerprint density at radius 3 is 1.61 bits per heavy atom. The van der Waals surface area contributed by atoms with E-state index in [2.05, 4.69) is 217 Å². The summed E-state index contributed by atoms with van der Waals surface area (Å²) in [5.74, 6) is 0. The number of hydrogen-bond donors (Lipinski definition) is 0. The molecule has 0 aliphatic rings. The molecule has 56 heavy (non-hydrogen) atoms. The first kappa shape index (κ1) is 32.0. The van der Waals surface area contributed by atoms with Crippen LogP contribution >= 0.6 is 0 Å². The van der Waals surface area contributed by atoms with Gasteiger partial charge in [0.05, 0.1) is 0 Å². The number of nitrogens with zero attached hydrogens (tertiary/aromatic N) is 1. The molecule has 10 aromatic carbocycles. The highest BCUT2D eigenvalue weighted by molar-refractivity contribution is 6.19. The minimum Gasteiger partial charge on any atom is -0.456 e. The quantitative estimate of drug-likeness (QED) is 0.171. The van der Waals surface area contributed by atoms with Crippen LogP contribution in [0.3, 0.4) is 0 Å². The molecular formula is C54H35NO. The minimum absolute atomic E-state index is 0.868. The third kappa shape index (κ3) is 5.42. The fourth-order valence-electron chi connectivity index (χ4n) is 8.53. The van der Waals surface area contributed by atoms with E-state index in [1.807, 2.05) is 0 Å². The first-order chi connectivity index (χ1) is 27.7. The van der Waals surface area contributed by atoms with Crippen molar-refractivity contribution >= 4 is 71.3 Å². The largest absolute Gasteiger partial charge is 0.456 e. The molecule has 0 atom stereocenters. The highest BCUT2D eigenvalue weighted by atomic mass is 16.3. The van der Waals surface area contributed by atoms with Crippen molar-refractivity contribution in [2.24, 2.45) is 0 Å². The Hall–Kier alpha value is -7.42. The van der Waals surface area contributed by atoms with Gasteiger partial charge in [-0.05, 0) is 120 Å². The van der Waals surface area contributed by atoms with E-state index in [1.54, 1.807) is 0 Å². The van der Waals surface area contributed by atoms with Crippen molar-refractivity contribution in [3.8, 4) is 33.4 Å². The molecule has 262 valence electrons. The van der Waals surface area contributed by atoms with Gasteiger partial charge in [0.1, 0.15) is 11.2 Å². The van der Waals surface area contributed by atoms with Crippen LogP contribution in [-0.2, 0) is 0 Å². The molecule has 0 unspecified atom stereocenters. The number of furan rings is 1. The maximum absolute atomic E-state index is 6.57. The highest BCUT2D eigenvalue weighted by Gasteiger charge is 2.18. The molecule has 0 spiro atoms. The van der Waals surface area contributed by atoms with Crippen molar-refractivity contribution in [2.45, 2.75) is 0 Å². The van der Waals surface area contributed by atoms with E-state index >= 15 is 0 Å². The van der Waals surface area contributed by atoms with Crippen LogP contribution in [0.15, 0.2) is 217 Å². The molecule has 11 rings (SSSR count). The van der Waals surface area contributed by atoms with Crippen molar-refractivity contribution in [3.63, 3.8) is 0 Å². The van der Waals surface area contributed by atoms with Gasteiger partial charge < -0.3 is 9.32 Å². The molecule has 0 aliphatic heterocycles. The molecule has 0 bridgehead atoms. The fraction of sp³-hybridized carbons (Fsp3) is 0. The molecule has 1 aromatic heterocycles. The van der Waals surface area contributed by atoms with Crippen molar-refractivity contribution < 1.29 is 4.42 Å². The van der Waals surface area contributed by atoms with E-state index in [9.17, 15) is 0 Å². The Morgan fingerprint density at radius 1 is 0.286 bits per heavy atom. The summed E-state index contributed by atoms with van der Waals surface area (Å²) >= 11 is 0. The first-order valence-corrected chi connectivity index (χ1v) is 19.2. The second kappa shape index (κ2) is 13.2. The standard InChI is InChI=1S/C54H35NO/c1-2-11-38(12-3-1)51-34-42(33-41-15-6-8-18-48(41)51)36-21-26-43(27-22-36)55(44-28-23-40(24-29-44)47-20-10-16-37-13-4-7-17-46(37)47)45-30-31-50-53(35-45)56-52-32-25-39-14-5-9-19-49(39)54(50)52/h1-35H. The molecule has 0 fully saturated rings. The van der Waals surface area contributed by atoms with Crippen molar-refractivity contribution in [3.05, 3.63) is 212 Å². The summed E-state index contributed by atoms with van der Waals surface area (Å²) in [6, 6.07) is 76.4. The van der Waals surface area contributed by atoms with Gasteiger partial charge in [0.15, 0.2) is 0 Å². The third-order valence-corrected chi connectivity index (χ3v) is 11.2. The lowest BCUT2D eigenvalue weighted by atomic mass is 9.93. The van der Waals surface area contributed by atoms with E-state index in [-0.39, 0.29) is 0 Å². The Bertz CT molecular complexity index is 3230. The Morgan fingerprint density at radius 2 is 0.857 bits per heavy atom. The van der Waals surface area contributed by atoms with E-state index in [4.69, 9.17) is 4.42 Å². The zero-order valence-corrected chi connectivity index (χ0v) is 30.6. The summed E-state index contributed by atoms with van der Waals surface area (Å²) < 4.78 is 6.57. The summed E-state index contributed by atoms with van der Waals surface area (Å²) in [5, 5.41) is 9.67. The van der Waals surface area contributed by atoms with Crippen LogP contribution < -0.4 is 4.90 Å². The van der Waals surface area contributed by atoms with Crippen LogP contribution in [0.5, 0.6) is 0 Å². The highest BCUT2D eigenvalue weighted by Crippen LogP contribution is 2.42. The van der Waals surface area contributed by atoms with Gasteiger partial charge in [-0.3, -0.25) is 0 Å². The maximum atomic E-state index is 6.57. The fourth-order valence-corrected chi connectivity index (χ4v) is 8.53. The minimum atomic E-state index is 0.868. The molecule has 0 N–H and O–H groups in total. The number of anilines is 3. The molecule has 0 saturated heterocycles. The smallest absolute Gasteiger partial charge is 0.137 e. The Labute approximate surface area is 325 Å². The maximum Gasteiger partial charge on any atom is 0.137 e. The first-order valence-electron chi connectivity index (χ1n) is 19.2. The van der Waals surface area contributed by atoms with E-state index in [0.717, 1.165) is 39.0 Å². The predicted octanol–water partition coefficient (Wildman–Crippen LogP) is 15.5. The molecule has 2 nitrogen and oxygen atoms in total. The van der Waals surface area contributed by atoms with E-state index < -0.39 is 0 Å². The summed E-state index contributed by atoms with van der Waals surface area (Å²) in [5.41, 5.74) is 12.2. The molecule has 0 radical (unpaired) electrons. The van der Waals surface area contributed by atoms with Gasteiger partial charge in [-0.15, -0.1) is 0 Å². The van der Waals surface area contributed by atoms with Gasteiger partial charge >= 0.3 is 0 Å². The second-order valence-electron chi connectivity index (χ2n) is 14.5. The third-order valence-electron chi connectivity index (χ3n) is 11.2. The van der Waals surface area contributed by atoms with Gasteiger partial charge in [0, 0.05) is 33.9 Å². The summed E-state index contributed by atoms with van der Waals surface area (Å²) in [4.78, 5) is 2.33. The summed E-state index contributed by atoms with van der Waals surface area (Å²) in [7, 11) is 0. The molecule has 1 heterocycles. The molecule has 0 saturated carbocycles. The van der Waals surface area contributed by atoms with E-state index in [0.29, 0.717) is 0 Å². The molecular weight excluding hydrogens is 679 g/mol. The monoisotopic (exact) mass is 713 g/mol. The molecule has 0 aliphatic carbocycles. The normalized spacial score (nSPS) is 11.6. The van der Waals surface area contributed by atoms with Crippen LogP contribution in [0.2, 0.25) is 0 Å². The van der Waals surface area contributed by atoms with Crippen molar-refractivity contribution in [1.29, 1.82) is 0 Å². The van der Waals surface area contributed by atoms with Gasteiger partial charge in [-0.1, -0.05) is 152 Å². The summed E-state index contributed by atoms with van der Waals surface area (Å²) in [6.45, 7) is 0. The average Bonchev–Trinajstić information content (AvgIpc) is 3.65. The number of fused-ring (bicyclic) bond motifs is 7. The zero-order valence-electron chi connectivity index (χ0n) is 30.6. The van der Waals surface area contributed by atoms with Crippen LogP contribution in [0.4, 0.5) is 17.1 Å². The van der Waals surface area contributed by atoms with Crippen LogP contribution in [-0.4, -0.2) is 0 Å². The average molecular weight is 714 g/mol. The van der Waals surface area contributed by atoms with Gasteiger partial charge in [-0.25, -0.2) is 0 Å². The predicted molar refractivity (Wildman–Crippen MR) is 237 cm³/mol. The molecule has 2 heteroatoms. The Kier molecular flexibility index (Phi) is 7.53. The van der Waals surface area contributed by atoms with Gasteiger partial charge in [0.25, 0.3) is 0 Å². The zero-order chi connectivity index (χ0) is 37.0. The number of benzene rings is 10. The lowest BCUT2D eigenvalue weighted by molar-refractivity contribution is 0.669. The van der Waals surface area contributed by atoms with Gasteiger partial charge in [0.2, 0.25) is 0 Å². The second-order valence-corrected chi connectivity index (χ2v) is 14.5. The van der Waals surface area contributed by atoms with Crippen molar-refractivity contribution in [1.82, 2.24) is 0 Å². The van der Waals surface area contributed by atoms with Gasteiger partial charge in [-0.2, -0.15) is 0 Å². The number of rotatable bonds is 6. The van der Waals surface area contributed by atoms with Crippen LogP contribution in [0, 0.1) is 0 Å². The molecule has 0 amide bonds. The molecule has 11 aromatic rings. The lowest BCUT2D eigenvalue weighted by Crippen LogP contribution is -2.09. The van der Waals surface area contributed by atoms with Crippen molar-refractivity contribution in [2.75, 3.05) is 4.90 Å². The lowest BCUT2D eigenvalue weighted by Gasteiger charge is -2.26. The Balaban J connectivity index is 1.04. The summed E-state index contributed by atoms with van der Waals surface area (Å²) in [6.07, 6.45) is 0.